The molecule has 0 aromatic heterocycles. The topological polar surface area (TPSA) is 52.0 Å². The molecule has 0 bridgehead atoms. The van der Waals surface area contributed by atoms with E-state index in [4.69, 9.17) is 11.5 Å². The van der Waals surface area contributed by atoms with E-state index in [1.54, 1.807) is 6.08 Å². The maximum atomic E-state index is 6.09. The number of rotatable bonds is 6. The van der Waals surface area contributed by atoms with Gasteiger partial charge in [-0.25, -0.2) is 0 Å². The molecule has 2 nitrogen and oxygen atoms in total. The van der Waals surface area contributed by atoms with Crippen LogP contribution in [0, 0.1) is 0 Å². The lowest BCUT2D eigenvalue weighted by molar-refractivity contribution is 0.962. The molecule has 0 aliphatic carbocycles. The summed E-state index contributed by atoms with van der Waals surface area (Å²) < 4.78 is 0. The van der Waals surface area contributed by atoms with Gasteiger partial charge < -0.3 is 11.5 Å². The third kappa shape index (κ3) is 6.06. The fourth-order valence-corrected chi connectivity index (χ4v) is 1.36. The zero-order valence-electron chi connectivity index (χ0n) is 11.6. The van der Waals surface area contributed by atoms with Crippen molar-refractivity contribution in [3.63, 3.8) is 0 Å². The quantitative estimate of drug-likeness (QED) is 0.704. The zero-order chi connectivity index (χ0) is 14.0. The first-order chi connectivity index (χ1) is 8.56. The predicted octanol–water partition coefficient (Wildman–Crippen LogP) is 3.37. The molecule has 0 aromatic rings. The van der Waals surface area contributed by atoms with Crippen molar-refractivity contribution >= 4 is 0 Å². The molecule has 0 spiro atoms. The lowest BCUT2D eigenvalue weighted by atomic mass is 10.0. The summed E-state index contributed by atoms with van der Waals surface area (Å²) in [5, 5.41) is 0. The summed E-state index contributed by atoms with van der Waals surface area (Å²) in [4.78, 5) is 0. The maximum absolute atomic E-state index is 6.09. The molecule has 2 heteroatoms. The summed E-state index contributed by atoms with van der Waals surface area (Å²) in [6, 6.07) is -0.229. The molecular weight excluding hydrogens is 220 g/mol. The average Bonchev–Trinajstić information content (AvgIpc) is 2.35. The number of nitrogens with two attached hydrogens (primary N) is 2. The van der Waals surface area contributed by atoms with Gasteiger partial charge in [0.25, 0.3) is 0 Å². The molecule has 0 heterocycles. The van der Waals surface area contributed by atoms with Crippen molar-refractivity contribution in [2.24, 2.45) is 11.5 Å². The van der Waals surface area contributed by atoms with Gasteiger partial charge in [0.2, 0.25) is 0 Å². The lowest BCUT2D eigenvalue weighted by Gasteiger charge is -2.10. The molecule has 0 aliphatic rings. The minimum atomic E-state index is -0.229. The van der Waals surface area contributed by atoms with Gasteiger partial charge >= 0.3 is 0 Å². The van der Waals surface area contributed by atoms with Crippen LogP contribution in [0.15, 0.2) is 72.0 Å². The van der Waals surface area contributed by atoms with Gasteiger partial charge in [-0.15, -0.1) is 0 Å². The minimum absolute atomic E-state index is 0.229. The Morgan fingerprint density at radius 2 is 1.83 bits per heavy atom. The first kappa shape index (κ1) is 16.2. The SMILES string of the molecule is C=C/C=C(\C=C/C)C(N)/C=C(N)/C(C)=C/C=C\C. The highest BCUT2D eigenvalue weighted by molar-refractivity contribution is 5.37. The lowest BCUT2D eigenvalue weighted by Crippen LogP contribution is -2.21. The van der Waals surface area contributed by atoms with E-state index >= 15 is 0 Å². The van der Waals surface area contributed by atoms with E-state index in [0.29, 0.717) is 5.70 Å². The van der Waals surface area contributed by atoms with Crippen LogP contribution >= 0.6 is 0 Å². The van der Waals surface area contributed by atoms with Crippen LogP contribution in [0.3, 0.4) is 0 Å². The first-order valence-corrected chi connectivity index (χ1v) is 6.04. The highest BCUT2D eigenvalue weighted by Crippen LogP contribution is 2.09. The van der Waals surface area contributed by atoms with E-state index in [9.17, 15) is 0 Å². The van der Waals surface area contributed by atoms with Crippen molar-refractivity contribution in [3.8, 4) is 0 Å². The molecule has 98 valence electrons. The second kappa shape index (κ2) is 9.25. The molecule has 0 radical (unpaired) electrons. The second-order valence-corrected chi connectivity index (χ2v) is 3.93. The van der Waals surface area contributed by atoms with Crippen molar-refractivity contribution < 1.29 is 0 Å². The van der Waals surface area contributed by atoms with Crippen molar-refractivity contribution in [2.45, 2.75) is 26.8 Å². The largest absolute Gasteiger partial charge is 0.399 e. The molecule has 0 fully saturated rings. The van der Waals surface area contributed by atoms with E-state index in [1.807, 2.05) is 63.3 Å². The summed E-state index contributed by atoms with van der Waals surface area (Å²) >= 11 is 0. The smallest absolute Gasteiger partial charge is 0.0503 e. The van der Waals surface area contributed by atoms with E-state index < -0.39 is 0 Å². The standard InChI is InChI=1S/C16H24N2/c1-5-8-11-13(4)15(17)12-16(18)14(9-6-2)10-7-3/h5-12,16H,2,17-18H2,1,3-4H3/b8-5-,10-7-,13-11+,14-9+,15-12-. The monoisotopic (exact) mass is 244 g/mol. The Hall–Kier alpha value is -1.80. The Bertz CT molecular complexity index is 407. The van der Waals surface area contributed by atoms with Gasteiger partial charge in [0, 0.05) is 5.70 Å². The molecular formula is C16H24N2. The summed E-state index contributed by atoms with van der Waals surface area (Å²) in [5.41, 5.74) is 14.8. The highest BCUT2D eigenvalue weighted by Gasteiger charge is 2.04. The van der Waals surface area contributed by atoms with Crippen LogP contribution in [0.25, 0.3) is 0 Å². The Morgan fingerprint density at radius 1 is 1.17 bits per heavy atom. The van der Waals surface area contributed by atoms with Crippen LogP contribution in [-0.4, -0.2) is 6.04 Å². The molecule has 18 heavy (non-hydrogen) atoms. The Kier molecular flexibility index (Phi) is 8.33. The molecule has 0 amide bonds. The van der Waals surface area contributed by atoms with E-state index in [1.165, 1.54) is 0 Å². The molecule has 4 N–H and O–H groups in total. The van der Waals surface area contributed by atoms with E-state index in [0.717, 1.165) is 11.1 Å². The normalized spacial score (nSPS) is 16.6. The molecule has 1 atom stereocenters. The van der Waals surface area contributed by atoms with E-state index in [-0.39, 0.29) is 6.04 Å². The molecule has 0 saturated carbocycles. The zero-order valence-corrected chi connectivity index (χ0v) is 11.6. The number of allylic oxidation sites excluding steroid dienone is 7. The van der Waals surface area contributed by atoms with Crippen LogP contribution < -0.4 is 11.5 Å². The molecule has 0 aliphatic heterocycles. The van der Waals surface area contributed by atoms with Crippen molar-refractivity contribution in [2.75, 3.05) is 0 Å². The van der Waals surface area contributed by atoms with Gasteiger partial charge in [-0.1, -0.05) is 49.1 Å². The fourth-order valence-electron chi connectivity index (χ4n) is 1.36. The minimum Gasteiger partial charge on any atom is -0.399 e. The molecule has 1 unspecified atom stereocenters. The number of hydrogen-bond acceptors (Lipinski definition) is 2. The van der Waals surface area contributed by atoms with Gasteiger partial charge in [0.15, 0.2) is 0 Å². The third-order valence-corrected chi connectivity index (χ3v) is 2.41. The first-order valence-electron chi connectivity index (χ1n) is 6.04. The highest BCUT2D eigenvalue weighted by atomic mass is 14.7. The van der Waals surface area contributed by atoms with Crippen molar-refractivity contribution in [1.82, 2.24) is 0 Å². The van der Waals surface area contributed by atoms with Gasteiger partial charge in [0.1, 0.15) is 0 Å². The summed E-state index contributed by atoms with van der Waals surface area (Å²) in [7, 11) is 0. The third-order valence-electron chi connectivity index (χ3n) is 2.41. The number of hydrogen-bond donors (Lipinski definition) is 2. The summed E-state index contributed by atoms with van der Waals surface area (Å²) in [6.07, 6.45) is 15.2. The van der Waals surface area contributed by atoms with Crippen molar-refractivity contribution in [1.29, 1.82) is 0 Å². The van der Waals surface area contributed by atoms with Crippen LogP contribution in [0.4, 0.5) is 0 Å². The predicted molar refractivity (Wildman–Crippen MR) is 81.9 cm³/mol. The van der Waals surface area contributed by atoms with Crippen LogP contribution in [0.5, 0.6) is 0 Å². The van der Waals surface area contributed by atoms with E-state index in [2.05, 4.69) is 6.58 Å². The molecule has 0 saturated heterocycles. The summed E-state index contributed by atoms with van der Waals surface area (Å²) in [5.74, 6) is 0. The maximum Gasteiger partial charge on any atom is 0.0503 e. The average molecular weight is 244 g/mol. The Morgan fingerprint density at radius 3 is 2.33 bits per heavy atom. The summed E-state index contributed by atoms with van der Waals surface area (Å²) in [6.45, 7) is 9.56. The van der Waals surface area contributed by atoms with Crippen LogP contribution in [0.1, 0.15) is 20.8 Å². The van der Waals surface area contributed by atoms with Crippen LogP contribution in [0.2, 0.25) is 0 Å². The Balaban J connectivity index is 5.05. The van der Waals surface area contributed by atoms with Gasteiger partial charge in [-0.3, -0.25) is 0 Å². The van der Waals surface area contributed by atoms with Gasteiger partial charge in [-0.05, 0) is 38.0 Å². The van der Waals surface area contributed by atoms with Crippen molar-refractivity contribution in [3.05, 3.63) is 72.0 Å². The van der Waals surface area contributed by atoms with Gasteiger partial charge in [-0.2, -0.15) is 0 Å². The second-order valence-electron chi connectivity index (χ2n) is 3.93. The van der Waals surface area contributed by atoms with Crippen LogP contribution in [-0.2, 0) is 0 Å². The molecule has 0 rings (SSSR count). The van der Waals surface area contributed by atoms with Gasteiger partial charge in [0.05, 0.1) is 6.04 Å². The fraction of sp³-hybridized carbons (Fsp3) is 0.250. The molecule has 0 aromatic carbocycles. The Labute approximate surface area is 111 Å².